The summed E-state index contributed by atoms with van der Waals surface area (Å²) in [6.45, 7) is 0.530. The van der Waals surface area contributed by atoms with Crippen LogP contribution in [0.5, 0.6) is 0 Å². The molecule has 1 amide bonds. The summed E-state index contributed by atoms with van der Waals surface area (Å²) in [5.41, 5.74) is 1.87. The maximum Gasteiger partial charge on any atom is 0.407 e. The van der Waals surface area contributed by atoms with Crippen LogP contribution in [-0.4, -0.2) is 18.6 Å². The molecule has 5 heteroatoms. The lowest BCUT2D eigenvalue weighted by Crippen LogP contribution is -2.27. The van der Waals surface area contributed by atoms with Crippen molar-refractivity contribution >= 4 is 44.4 Å². The quantitative estimate of drug-likeness (QED) is 0.253. The van der Waals surface area contributed by atoms with Gasteiger partial charge in [-0.25, -0.2) is 4.79 Å². The van der Waals surface area contributed by atoms with E-state index in [-0.39, 0.29) is 32.1 Å². The Kier molecular flexibility index (Phi) is 5.77. The Hall–Kier alpha value is -4.12. The highest BCUT2D eigenvalue weighted by Crippen LogP contribution is 2.36. The number of alkyl carbamates (subject to hydrolysis) is 1. The lowest BCUT2D eigenvalue weighted by atomic mass is 9.92. The molecule has 164 valence electrons. The van der Waals surface area contributed by atoms with Gasteiger partial charge in [-0.15, -0.1) is 0 Å². The Bertz CT molecular complexity index is 1410. The van der Waals surface area contributed by atoms with E-state index < -0.39 is 6.09 Å². The maximum atomic E-state index is 12.2. The van der Waals surface area contributed by atoms with Gasteiger partial charge in [0.25, 0.3) is 0 Å². The van der Waals surface area contributed by atoms with Gasteiger partial charge in [0.2, 0.25) is 0 Å². The predicted molar refractivity (Wildman–Crippen MR) is 129 cm³/mol. The highest BCUT2D eigenvalue weighted by atomic mass is 16.5. The van der Waals surface area contributed by atoms with Gasteiger partial charge in [0, 0.05) is 6.54 Å². The predicted octanol–water partition coefficient (Wildman–Crippen LogP) is 5.94. The van der Waals surface area contributed by atoms with Crippen LogP contribution in [0, 0.1) is 0 Å². The molecule has 5 nitrogen and oxygen atoms in total. The molecule has 0 saturated carbocycles. The number of carbonyl (C=O) groups is 2. The maximum absolute atomic E-state index is 12.2. The molecule has 5 rings (SSSR count). The van der Waals surface area contributed by atoms with Gasteiger partial charge in [-0.05, 0) is 43.4 Å². The molecule has 5 aromatic carbocycles. The van der Waals surface area contributed by atoms with Crippen LogP contribution in [0.4, 0.5) is 4.79 Å². The smallest absolute Gasteiger partial charge is 0.407 e. The van der Waals surface area contributed by atoms with Crippen LogP contribution in [0.15, 0.2) is 84.9 Å². The normalized spacial score (nSPS) is 11.2. The molecule has 0 spiro atoms. The summed E-state index contributed by atoms with van der Waals surface area (Å²) in [6.07, 6.45) is -0.481. The van der Waals surface area contributed by atoms with Gasteiger partial charge in [-0.3, -0.25) is 4.79 Å². The number of esters is 1. The Labute approximate surface area is 191 Å². The number of nitrogens with one attached hydrogen (secondary N) is 1. The van der Waals surface area contributed by atoms with Gasteiger partial charge in [0.15, 0.2) is 0 Å². The zero-order valence-corrected chi connectivity index (χ0v) is 18.0. The average Bonchev–Trinajstić information content (AvgIpc) is 2.86. The van der Waals surface area contributed by atoms with Gasteiger partial charge in [0.05, 0.1) is 6.42 Å². The van der Waals surface area contributed by atoms with Crippen LogP contribution < -0.4 is 5.32 Å². The number of carbonyl (C=O) groups excluding carboxylic acids is 2. The second-order valence-corrected chi connectivity index (χ2v) is 7.98. The molecule has 0 radical (unpaired) electrons. The summed E-state index contributed by atoms with van der Waals surface area (Å²) in [4.78, 5) is 24.0. The van der Waals surface area contributed by atoms with Crippen molar-refractivity contribution in [1.82, 2.24) is 5.32 Å². The zero-order valence-electron chi connectivity index (χ0n) is 18.0. The van der Waals surface area contributed by atoms with Crippen molar-refractivity contribution in [3.8, 4) is 0 Å². The van der Waals surface area contributed by atoms with Gasteiger partial charge in [-0.1, -0.05) is 84.9 Å². The van der Waals surface area contributed by atoms with Crippen LogP contribution in [0.3, 0.4) is 0 Å². The van der Waals surface area contributed by atoms with Gasteiger partial charge in [-0.2, -0.15) is 0 Å². The van der Waals surface area contributed by atoms with Crippen LogP contribution in [0.25, 0.3) is 32.3 Å². The van der Waals surface area contributed by atoms with E-state index in [1.807, 2.05) is 36.4 Å². The van der Waals surface area contributed by atoms with Crippen molar-refractivity contribution in [2.75, 3.05) is 6.54 Å². The molecular weight excluding hydrogens is 414 g/mol. The van der Waals surface area contributed by atoms with E-state index in [0.29, 0.717) is 0 Å². The zero-order chi connectivity index (χ0) is 22.6. The Balaban J connectivity index is 1.18. The molecule has 0 bridgehead atoms. The fourth-order valence-corrected chi connectivity index (χ4v) is 4.19. The Morgan fingerprint density at radius 1 is 0.667 bits per heavy atom. The summed E-state index contributed by atoms with van der Waals surface area (Å²) in [5.74, 6) is -0.371. The summed E-state index contributed by atoms with van der Waals surface area (Å²) >= 11 is 0. The highest BCUT2D eigenvalue weighted by molar-refractivity contribution is 6.23. The largest absolute Gasteiger partial charge is 0.461 e. The number of benzene rings is 5. The molecular formula is C28H23NO4. The molecule has 33 heavy (non-hydrogen) atoms. The minimum Gasteiger partial charge on any atom is -0.461 e. The number of amides is 1. The van der Waals surface area contributed by atoms with Crippen LogP contribution in [-0.2, 0) is 27.5 Å². The summed E-state index contributed by atoms with van der Waals surface area (Å²) < 4.78 is 10.6. The second kappa shape index (κ2) is 9.17. The van der Waals surface area contributed by atoms with E-state index in [4.69, 9.17) is 9.47 Å². The van der Waals surface area contributed by atoms with E-state index in [1.165, 1.54) is 26.9 Å². The fourth-order valence-electron chi connectivity index (χ4n) is 4.19. The molecule has 0 atom stereocenters. The van der Waals surface area contributed by atoms with Crippen molar-refractivity contribution in [1.29, 1.82) is 0 Å². The first-order chi connectivity index (χ1) is 16.2. The third-order valence-electron chi connectivity index (χ3n) is 5.82. The first-order valence-electron chi connectivity index (χ1n) is 10.9. The monoisotopic (exact) mass is 437 g/mol. The molecule has 0 aliphatic rings. The molecule has 0 heterocycles. The van der Waals surface area contributed by atoms with E-state index in [2.05, 4.69) is 53.8 Å². The van der Waals surface area contributed by atoms with Crippen LogP contribution in [0.1, 0.15) is 17.5 Å². The lowest BCUT2D eigenvalue weighted by Gasteiger charge is -2.14. The van der Waals surface area contributed by atoms with Crippen molar-refractivity contribution in [2.24, 2.45) is 0 Å². The Morgan fingerprint density at radius 3 is 2.15 bits per heavy atom. The number of hydrogen-bond acceptors (Lipinski definition) is 4. The molecule has 0 aliphatic heterocycles. The highest BCUT2D eigenvalue weighted by Gasteiger charge is 2.12. The average molecular weight is 437 g/mol. The number of rotatable bonds is 7. The van der Waals surface area contributed by atoms with E-state index in [0.717, 1.165) is 16.5 Å². The molecule has 0 aliphatic carbocycles. The molecule has 0 unspecified atom stereocenters. The first kappa shape index (κ1) is 20.8. The van der Waals surface area contributed by atoms with E-state index in [9.17, 15) is 9.59 Å². The summed E-state index contributed by atoms with van der Waals surface area (Å²) in [6, 6.07) is 28.3. The standard InChI is InChI=1S/C28H23NO4/c30-25(15-16-29-28(31)33-17-19-5-2-1-3-6-19)32-18-23-12-11-22-10-9-20-7-4-8-21-13-14-24(23)27(22)26(20)21/h1-14H,15-18H2,(H,29,31). The van der Waals surface area contributed by atoms with E-state index >= 15 is 0 Å². The molecule has 0 fully saturated rings. The molecule has 5 aromatic rings. The Morgan fingerprint density at radius 2 is 1.36 bits per heavy atom. The van der Waals surface area contributed by atoms with Gasteiger partial charge in [0.1, 0.15) is 13.2 Å². The van der Waals surface area contributed by atoms with Crippen molar-refractivity contribution < 1.29 is 19.1 Å². The molecule has 0 saturated heterocycles. The molecule has 1 N–H and O–H groups in total. The number of hydrogen-bond donors (Lipinski definition) is 1. The van der Waals surface area contributed by atoms with Crippen molar-refractivity contribution in [3.63, 3.8) is 0 Å². The minimum absolute atomic E-state index is 0.0757. The minimum atomic E-state index is -0.557. The van der Waals surface area contributed by atoms with Gasteiger partial charge >= 0.3 is 12.1 Å². The summed E-state index contributed by atoms with van der Waals surface area (Å²) in [7, 11) is 0. The van der Waals surface area contributed by atoms with Crippen molar-refractivity contribution in [2.45, 2.75) is 19.6 Å². The van der Waals surface area contributed by atoms with Gasteiger partial charge < -0.3 is 14.8 Å². The third-order valence-corrected chi connectivity index (χ3v) is 5.82. The SMILES string of the molecule is O=C(CCNC(=O)OCc1ccccc1)OCc1ccc2ccc3cccc4ccc1c2c34. The second-order valence-electron chi connectivity index (χ2n) is 7.98. The van der Waals surface area contributed by atoms with E-state index in [1.54, 1.807) is 0 Å². The topological polar surface area (TPSA) is 64.6 Å². The third kappa shape index (κ3) is 4.44. The van der Waals surface area contributed by atoms with Crippen LogP contribution in [0.2, 0.25) is 0 Å². The fraction of sp³-hybridized carbons (Fsp3) is 0.143. The first-order valence-corrected chi connectivity index (χ1v) is 10.9. The lowest BCUT2D eigenvalue weighted by molar-refractivity contribution is -0.144. The summed E-state index contributed by atoms with van der Waals surface area (Å²) in [5, 5.41) is 9.67. The molecule has 0 aromatic heterocycles. The van der Waals surface area contributed by atoms with Crippen molar-refractivity contribution in [3.05, 3.63) is 96.1 Å². The van der Waals surface area contributed by atoms with Crippen LogP contribution >= 0.6 is 0 Å². The number of ether oxygens (including phenoxy) is 2.